The second kappa shape index (κ2) is 12.2. The largest absolute Gasteiger partial charge is 0.379 e. The number of halogens is 4. The van der Waals surface area contributed by atoms with E-state index in [4.69, 9.17) is 51.1 Å². The number of sulfonamides is 1. The summed E-state index contributed by atoms with van der Waals surface area (Å²) in [6.07, 6.45) is -0.823. The zero-order valence-electron chi connectivity index (χ0n) is 22.5. The van der Waals surface area contributed by atoms with Gasteiger partial charge in [0, 0.05) is 37.1 Å². The Hall–Kier alpha value is -1.63. The van der Waals surface area contributed by atoms with Gasteiger partial charge in [-0.3, -0.25) is 14.5 Å². The predicted octanol–water partition coefficient (Wildman–Crippen LogP) is 4.02. The highest BCUT2D eigenvalue weighted by molar-refractivity contribution is 7.89. The topological polar surface area (TPSA) is 90.5 Å². The van der Waals surface area contributed by atoms with Crippen LogP contribution in [0.2, 0.25) is 20.1 Å². The van der Waals surface area contributed by atoms with E-state index in [2.05, 4.69) is 0 Å². The summed E-state index contributed by atoms with van der Waals surface area (Å²) in [5, 5.41) is 0.961. The molecule has 3 fully saturated rings. The third kappa shape index (κ3) is 5.95. The predicted molar refractivity (Wildman–Crippen MR) is 158 cm³/mol. The highest BCUT2D eigenvalue weighted by Crippen LogP contribution is 2.36. The van der Waals surface area contributed by atoms with E-state index in [0.717, 1.165) is 0 Å². The maximum atomic E-state index is 14.3. The van der Waals surface area contributed by atoms with Crippen molar-refractivity contribution in [2.45, 2.75) is 49.5 Å². The van der Waals surface area contributed by atoms with Crippen molar-refractivity contribution in [1.82, 2.24) is 19.0 Å². The second-order valence-corrected chi connectivity index (χ2v) is 14.1. The lowest BCUT2D eigenvalue weighted by Gasteiger charge is -2.55. The first-order valence-electron chi connectivity index (χ1n) is 13.3. The SMILES string of the molecule is CC(C)N1CC2N(C(=O)C(N3CCOCC3)CN2S(=O)(=O)c2ccc(Cl)cc2Cl)C(Cc2ccc(Cl)c(Cl)c2)C1=O. The number of fused-ring (bicyclic) bond motifs is 1. The minimum Gasteiger partial charge on any atom is -0.379 e. The summed E-state index contributed by atoms with van der Waals surface area (Å²) in [7, 11) is -4.24. The number of piperazine rings is 1. The first-order valence-corrected chi connectivity index (χ1v) is 16.2. The average molecular weight is 664 g/mol. The van der Waals surface area contributed by atoms with Crippen LogP contribution in [0.4, 0.5) is 0 Å². The molecule has 3 aliphatic rings. The van der Waals surface area contributed by atoms with Gasteiger partial charge in [-0.25, -0.2) is 8.42 Å². The van der Waals surface area contributed by atoms with Gasteiger partial charge in [0.25, 0.3) is 0 Å². The lowest BCUT2D eigenvalue weighted by Crippen LogP contribution is -2.76. The fourth-order valence-corrected chi connectivity index (χ4v) is 8.36. The van der Waals surface area contributed by atoms with Crippen LogP contribution in [-0.2, 0) is 30.8 Å². The van der Waals surface area contributed by atoms with Crippen molar-refractivity contribution >= 4 is 68.2 Å². The lowest BCUT2D eigenvalue weighted by molar-refractivity contribution is -0.173. The molecule has 0 aromatic heterocycles. The van der Waals surface area contributed by atoms with Crippen molar-refractivity contribution < 1.29 is 22.7 Å². The maximum absolute atomic E-state index is 14.3. The molecule has 3 atom stereocenters. The monoisotopic (exact) mass is 662 g/mol. The van der Waals surface area contributed by atoms with Crippen molar-refractivity contribution in [2.75, 3.05) is 39.4 Å². The van der Waals surface area contributed by atoms with Crippen LogP contribution in [0.1, 0.15) is 19.4 Å². The van der Waals surface area contributed by atoms with Gasteiger partial charge in [0.2, 0.25) is 21.8 Å². The minimum absolute atomic E-state index is 0.0143. The molecule has 0 N–H and O–H groups in total. The van der Waals surface area contributed by atoms with E-state index >= 15 is 0 Å². The quantitative estimate of drug-likeness (QED) is 0.464. The summed E-state index contributed by atoms with van der Waals surface area (Å²) in [5.74, 6) is -0.562. The van der Waals surface area contributed by atoms with Crippen LogP contribution in [0.25, 0.3) is 0 Å². The fraction of sp³-hybridized carbons (Fsp3) is 0.481. The van der Waals surface area contributed by atoms with E-state index in [1.807, 2.05) is 18.7 Å². The highest BCUT2D eigenvalue weighted by atomic mass is 35.5. The number of ether oxygens (including phenoxy) is 1. The molecule has 9 nitrogen and oxygen atoms in total. The van der Waals surface area contributed by atoms with Crippen molar-refractivity contribution in [3.05, 3.63) is 62.1 Å². The van der Waals surface area contributed by atoms with Crippen LogP contribution in [0, 0.1) is 0 Å². The Labute approximate surface area is 259 Å². The molecular formula is C27H30Cl4N4O5S. The molecular weight excluding hydrogens is 634 g/mol. The molecule has 3 saturated heterocycles. The Bertz CT molecular complexity index is 1450. The molecule has 0 spiro atoms. The molecule has 0 radical (unpaired) electrons. The third-order valence-corrected chi connectivity index (χ3v) is 11.1. The lowest BCUT2D eigenvalue weighted by atomic mass is 9.96. The number of benzene rings is 2. The zero-order valence-corrected chi connectivity index (χ0v) is 26.3. The first kappa shape index (κ1) is 30.8. The number of amides is 2. The van der Waals surface area contributed by atoms with E-state index in [0.29, 0.717) is 46.9 Å². The number of nitrogens with zero attached hydrogens (tertiary/aromatic N) is 4. The third-order valence-electron chi connectivity index (χ3n) is 7.81. The van der Waals surface area contributed by atoms with Gasteiger partial charge in [-0.1, -0.05) is 52.5 Å². The molecule has 0 aliphatic carbocycles. The summed E-state index contributed by atoms with van der Waals surface area (Å²) in [6.45, 7) is 5.37. The van der Waals surface area contributed by atoms with E-state index in [9.17, 15) is 18.0 Å². The number of hydrogen-bond donors (Lipinski definition) is 0. The molecule has 2 aromatic carbocycles. The molecule has 41 heavy (non-hydrogen) atoms. The smallest absolute Gasteiger partial charge is 0.246 e. The maximum Gasteiger partial charge on any atom is 0.246 e. The number of rotatable bonds is 6. The molecule has 0 bridgehead atoms. The fourth-order valence-electron chi connectivity index (χ4n) is 5.72. The Kier molecular flexibility index (Phi) is 9.14. The second-order valence-electron chi connectivity index (χ2n) is 10.6. The normalized spacial score (nSPS) is 24.7. The van der Waals surface area contributed by atoms with Crippen molar-refractivity contribution in [1.29, 1.82) is 0 Å². The Balaban J connectivity index is 1.63. The average Bonchev–Trinajstić information content (AvgIpc) is 2.92. The summed E-state index contributed by atoms with van der Waals surface area (Å²) in [4.78, 5) is 33.1. The Morgan fingerprint density at radius 2 is 1.61 bits per heavy atom. The number of carbonyl (C=O) groups is 2. The summed E-state index contributed by atoms with van der Waals surface area (Å²) in [6, 6.07) is 7.23. The summed E-state index contributed by atoms with van der Waals surface area (Å²) in [5.41, 5.74) is 0.693. The molecule has 3 unspecified atom stereocenters. The van der Waals surface area contributed by atoms with Gasteiger partial charge in [-0.15, -0.1) is 0 Å². The molecule has 5 rings (SSSR count). The molecule has 0 saturated carbocycles. The van der Waals surface area contributed by atoms with Crippen LogP contribution in [0.15, 0.2) is 41.3 Å². The Morgan fingerprint density at radius 1 is 0.902 bits per heavy atom. The number of hydrogen-bond acceptors (Lipinski definition) is 6. The van der Waals surface area contributed by atoms with Gasteiger partial charge in [0.15, 0.2) is 0 Å². The van der Waals surface area contributed by atoms with Crippen LogP contribution < -0.4 is 0 Å². The molecule has 2 aromatic rings. The number of carbonyl (C=O) groups excluding carboxylic acids is 2. The zero-order chi connectivity index (χ0) is 29.6. The molecule has 2 amide bonds. The van der Waals surface area contributed by atoms with E-state index in [1.54, 1.807) is 23.1 Å². The van der Waals surface area contributed by atoms with Crippen molar-refractivity contribution in [3.63, 3.8) is 0 Å². The number of morpholine rings is 1. The van der Waals surface area contributed by atoms with Gasteiger partial charge in [-0.05, 0) is 49.7 Å². The first-order chi connectivity index (χ1) is 19.4. The minimum atomic E-state index is -4.24. The van der Waals surface area contributed by atoms with Gasteiger partial charge in [0.05, 0.1) is 34.8 Å². The van der Waals surface area contributed by atoms with Crippen molar-refractivity contribution in [2.24, 2.45) is 0 Å². The standard InChI is InChI=1S/C27H30Cl4N4O5S/c1-16(2)33-15-25-34(41(38,39)24-6-4-18(28)13-21(24)31)14-23(32-7-9-40-10-8-32)27(37)35(25)22(26(33)36)12-17-3-5-19(29)20(30)11-17/h3-6,11,13,16,22-23,25H,7-10,12,14-15H2,1-2H3. The van der Waals surface area contributed by atoms with Gasteiger partial charge in [-0.2, -0.15) is 4.31 Å². The molecule has 3 heterocycles. The van der Waals surface area contributed by atoms with Crippen molar-refractivity contribution in [3.8, 4) is 0 Å². The molecule has 14 heteroatoms. The van der Waals surface area contributed by atoms with Crippen LogP contribution in [0.5, 0.6) is 0 Å². The van der Waals surface area contributed by atoms with E-state index in [1.165, 1.54) is 27.4 Å². The van der Waals surface area contributed by atoms with E-state index < -0.39 is 28.3 Å². The van der Waals surface area contributed by atoms with Crippen LogP contribution >= 0.6 is 46.4 Å². The Morgan fingerprint density at radius 3 is 2.24 bits per heavy atom. The van der Waals surface area contributed by atoms with E-state index in [-0.39, 0.29) is 47.3 Å². The van der Waals surface area contributed by atoms with Gasteiger partial charge >= 0.3 is 0 Å². The molecule has 222 valence electrons. The summed E-state index contributed by atoms with van der Waals surface area (Å²) < 4.78 is 35.4. The van der Waals surface area contributed by atoms with Gasteiger partial charge in [0.1, 0.15) is 23.1 Å². The molecule has 3 aliphatic heterocycles. The highest BCUT2D eigenvalue weighted by Gasteiger charge is 2.55. The van der Waals surface area contributed by atoms with Gasteiger partial charge < -0.3 is 14.5 Å². The summed E-state index contributed by atoms with van der Waals surface area (Å²) >= 11 is 24.9. The van der Waals surface area contributed by atoms with Crippen LogP contribution in [0.3, 0.4) is 0 Å². The van der Waals surface area contributed by atoms with Crippen LogP contribution in [-0.4, -0.2) is 103 Å².